The number of carbonyl (C=O) groups is 2. The van der Waals surface area contributed by atoms with Crippen LogP contribution in [-0.2, 0) is 10.0 Å². The molecule has 0 unspecified atom stereocenters. The number of hydrogen-bond donors (Lipinski definition) is 4. The minimum atomic E-state index is -3.92. The number of rotatable bonds is 10. The van der Waals surface area contributed by atoms with E-state index in [1.54, 1.807) is 37.1 Å². The van der Waals surface area contributed by atoms with Crippen molar-refractivity contribution < 1.29 is 23.1 Å². The summed E-state index contributed by atoms with van der Waals surface area (Å²) in [7, 11) is -3.92. The highest BCUT2D eigenvalue weighted by atomic mass is 32.2. The molecule has 1 aliphatic carbocycles. The normalized spacial score (nSPS) is 17.9. The van der Waals surface area contributed by atoms with E-state index in [0.29, 0.717) is 16.1 Å². The molecule has 1 aromatic heterocycles. The van der Waals surface area contributed by atoms with Crippen molar-refractivity contribution >= 4 is 39.2 Å². The molecule has 1 atom stereocenters. The Kier molecular flexibility index (Phi) is 10.5. The van der Waals surface area contributed by atoms with Crippen LogP contribution in [0.15, 0.2) is 59.6 Å². The molecule has 0 spiro atoms. The smallest absolute Gasteiger partial charge is 0.407 e. The quantitative estimate of drug-likeness (QED) is 0.195. The van der Waals surface area contributed by atoms with Crippen molar-refractivity contribution in [2.45, 2.75) is 95.3 Å². The van der Waals surface area contributed by atoms with Gasteiger partial charge in [-0.25, -0.2) is 27.7 Å². The molecule has 4 rings (SSSR count). The molecular weight excluding hydrogens is 587 g/mol. The molecule has 10 nitrogen and oxygen atoms in total. The van der Waals surface area contributed by atoms with Gasteiger partial charge in [-0.3, -0.25) is 0 Å². The SMILES string of the molecule is CC(C)NS(=O)(=O)c1cc(NC(=O)N[C@H](C)c2ccccc2)ccc1-c1cnc(C2CCC(N(C(=O)O)C(C)C)CC2)s1. The zero-order chi connectivity index (χ0) is 31.3. The Bertz CT molecular complexity index is 1520. The van der Waals surface area contributed by atoms with Gasteiger partial charge in [0.1, 0.15) is 0 Å². The summed E-state index contributed by atoms with van der Waals surface area (Å²) in [5.74, 6) is 0.183. The highest BCUT2D eigenvalue weighted by Crippen LogP contribution is 2.41. The Morgan fingerprint density at radius 3 is 2.28 bits per heavy atom. The molecule has 0 radical (unpaired) electrons. The Morgan fingerprint density at radius 1 is 1.00 bits per heavy atom. The Morgan fingerprint density at radius 2 is 1.67 bits per heavy atom. The summed E-state index contributed by atoms with van der Waals surface area (Å²) in [6.07, 6.45) is 3.95. The number of urea groups is 1. The van der Waals surface area contributed by atoms with Crippen LogP contribution in [0.25, 0.3) is 10.4 Å². The van der Waals surface area contributed by atoms with E-state index in [9.17, 15) is 23.1 Å². The van der Waals surface area contributed by atoms with Crippen LogP contribution in [0.5, 0.6) is 0 Å². The van der Waals surface area contributed by atoms with E-state index < -0.39 is 22.1 Å². The first-order chi connectivity index (χ1) is 20.4. The van der Waals surface area contributed by atoms with Crippen molar-refractivity contribution in [3.05, 3.63) is 65.3 Å². The first-order valence-corrected chi connectivity index (χ1v) is 16.9. The lowest BCUT2D eigenvalue weighted by atomic mass is 9.85. The second kappa shape index (κ2) is 13.9. The number of carboxylic acid groups (broad SMARTS) is 1. The molecule has 1 aliphatic rings. The number of thiazole rings is 1. The molecule has 43 heavy (non-hydrogen) atoms. The molecule has 232 valence electrons. The Labute approximate surface area is 258 Å². The van der Waals surface area contributed by atoms with Gasteiger partial charge in [-0.15, -0.1) is 11.3 Å². The molecule has 12 heteroatoms. The van der Waals surface area contributed by atoms with Crippen LogP contribution in [0.1, 0.15) is 82.8 Å². The largest absolute Gasteiger partial charge is 0.465 e. The fourth-order valence-electron chi connectivity index (χ4n) is 5.59. The zero-order valence-corrected chi connectivity index (χ0v) is 26.8. The second-order valence-corrected chi connectivity index (χ2v) is 14.3. The highest BCUT2D eigenvalue weighted by Gasteiger charge is 2.32. The van der Waals surface area contributed by atoms with E-state index in [0.717, 1.165) is 36.3 Å². The fourth-order valence-corrected chi connectivity index (χ4v) is 8.28. The van der Waals surface area contributed by atoms with Crippen LogP contribution < -0.4 is 15.4 Å². The van der Waals surface area contributed by atoms with Crippen LogP contribution in [0.4, 0.5) is 15.3 Å². The standard InChI is InChI=1S/C31H41N5O5S2/c1-19(2)35-43(40,41)28-17-24(34-30(37)33-21(5)22-9-7-6-8-10-22)13-16-26(28)27-18-32-29(42-27)23-11-14-25(15-12-23)36(20(3)4)31(38)39/h6-10,13,16-21,23,25,35H,11-12,14-15H2,1-5H3,(H,38,39)(H2,33,34,37)/t21-,23?,25?/m1/s1. The summed E-state index contributed by atoms with van der Waals surface area (Å²) in [4.78, 5) is 31.5. The lowest BCUT2D eigenvalue weighted by Crippen LogP contribution is -2.45. The van der Waals surface area contributed by atoms with E-state index in [-0.39, 0.29) is 35.0 Å². The average Bonchev–Trinajstić information content (AvgIpc) is 3.43. The van der Waals surface area contributed by atoms with E-state index in [1.807, 2.05) is 51.1 Å². The van der Waals surface area contributed by atoms with E-state index in [1.165, 1.54) is 17.4 Å². The van der Waals surface area contributed by atoms with Gasteiger partial charge < -0.3 is 20.6 Å². The molecule has 0 saturated heterocycles. The molecule has 0 bridgehead atoms. The molecule has 2 aromatic carbocycles. The predicted octanol–water partition coefficient (Wildman–Crippen LogP) is 6.79. The molecule has 3 aromatic rings. The highest BCUT2D eigenvalue weighted by molar-refractivity contribution is 7.89. The molecule has 1 fully saturated rings. The minimum Gasteiger partial charge on any atom is -0.465 e. The summed E-state index contributed by atoms with van der Waals surface area (Å²) >= 11 is 1.46. The van der Waals surface area contributed by atoms with E-state index in [4.69, 9.17) is 0 Å². The lowest BCUT2D eigenvalue weighted by Gasteiger charge is -2.37. The van der Waals surface area contributed by atoms with Crippen LogP contribution in [0.3, 0.4) is 0 Å². The van der Waals surface area contributed by atoms with Crippen molar-refractivity contribution in [2.75, 3.05) is 5.32 Å². The third kappa shape index (κ3) is 8.12. The lowest BCUT2D eigenvalue weighted by molar-refractivity contribution is 0.0906. The van der Waals surface area contributed by atoms with Gasteiger partial charge in [-0.1, -0.05) is 36.4 Å². The number of aromatic nitrogens is 1. The molecule has 1 heterocycles. The number of carbonyl (C=O) groups excluding carboxylic acids is 1. The summed E-state index contributed by atoms with van der Waals surface area (Å²) < 4.78 is 29.6. The Hall–Kier alpha value is -3.48. The topological polar surface area (TPSA) is 141 Å². The van der Waals surface area contributed by atoms with Crippen LogP contribution in [0, 0.1) is 0 Å². The van der Waals surface area contributed by atoms with Crippen molar-refractivity contribution in [3.63, 3.8) is 0 Å². The second-order valence-electron chi connectivity index (χ2n) is 11.6. The van der Waals surface area contributed by atoms with Crippen molar-refractivity contribution in [2.24, 2.45) is 0 Å². The summed E-state index contributed by atoms with van der Waals surface area (Å²) in [6, 6.07) is 13.3. The number of nitrogens with zero attached hydrogens (tertiary/aromatic N) is 2. The zero-order valence-electron chi connectivity index (χ0n) is 25.2. The van der Waals surface area contributed by atoms with Crippen LogP contribution in [0.2, 0.25) is 0 Å². The van der Waals surface area contributed by atoms with Crippen molar-refractivity contribution in [3.8, 4) is 10.4 Å². The van der Waals surface area contributed by atoms with Gasteiger partial charge in [0.25, 0.3) is 0 Å². The molecule has 0 aliphatic heterocycles. The molecule has 4 N–H and O–H groups in total. The van der Waals surface area contributed by atoms with Gasteiger partial charge in [-0.05, 0) is 78.0 Å². The predicted molar refractivity (Wildman–Crippen MR) is 170 cm³/mol. The van der Waals surface area contributed by atoms with Gasteiger partial charge in [0.05, 0.1) is 20.8 Å². The average molecular weight is 628 g/mol. The molecular formula is C31H41N5O5S2. The number of hydrogen-bond acceptors (Lipinski definition) is 6. The first-order valence-electron chi connectivity index (χ1n) is 14.6. The van der Waals surface area contributed by atoms with Crippen molar-refractivity contribution in [1.82, 2.24) is 19.9 Å². The Balaban J connectivity index is 1.54. The first kappa shape index (κ1) is 32.4. The fraction of sp³-hybridized carbons (Fsp3) is 0.452. The van der Waals surface area contributed by atoms with Crippen LogP contribution in [-0.4, -0.2) is 53.7 Å². The molecule has 3 amide bonds. The van der Waals surface area contributed by atoms with E-state index in [2.05, 4.69) is 20.3 Å². The van der Waals surface area contributed by atoms with Crippen LogP contribution >= 0.6 is 11.3 Å². The number of anilines is 1. The van der Waals surface area contributed by atoms with Gasteiger partial charge in [-0.2, -0.15) is 0 Å². The maximum Gasteiger partial charge on any atom is 0.407 e. The maximum absolute atomic E-state index is 13.4. The van der Waals surface area contributed by atoms with Gasteiger partial charge in [0.2, 0.25) is 10.0 Å². The number of sulfonamides is 1. The number of nitrogens with one attached hydrogen (secondary N) is 3. The molecule has 1 saturated carbocycles. The monoisotopic (exact) mass is 627 g/mol. The van der Waals surface area contributed by atoms with Gasteiger partial charge in [0.15, 0.2) is 0 Å². The van der Waals surface area contributed by atoms with Crippen molar-refractivity contribution in [1.29, 1.82) is 0 Å². The summed E-state index contributed by atoms with van der Waals surface area (Å²) in [6.45, 7) is 9.17. The van der Waals surface area contributed by atoms with E-state index >= 15 is 0 Å². The van der Waals surface area contributed by atoms with Gasteiger partial charge in [0, 0.05) is 41.5 Å². The number of amides is 3. The van der Waals surface area contributed by atoms with Gasteiger partial charge >= 0.3 is 12.1 Å². The maximum atomic E-state index is 13.4. The summed E-state index contributed by atoms with van der Waals surface area (Å²) in [5, 5.41) is 16.2. The third-order valence-electron chi connectivity index (χ3n) is 7.57. The summed E-state index contributed by atoms with van der Waals surface area (Å²) in [5.41, 5.74) is 1.80. The number of benzene rings is 2. The third-order valence-corrected chi connectivity index (χ3v) is 10.5. The minimum absolute atomic E-state index is 0.0139.